The van der Waals surface area contributed by atoms with Crippen LogP contribution in [0.15, 0.2) is 18.2 Å². The summed E-state index contributed by atoms with van der Waals surface area (Å²) in [5.41, 5.74) is 0.659. The van der Waals surface area contributed by atoms with E-state index in [1.807, 2.05) is 12.1 Å². The second-order valence-corrected chi connectivity index (χ2v) is 7.29. The molecule has 0 spiro atoms. The van der Waals surface area contributed by atoms with Crippen LogP contribution in [0.25, 0.3) is 0 Å². The first-order chi connectivity index (χ1) is 11.1. The summed E-state index contributed by atoms with van der Waals surface area (Å²) < 4.78 is 11.1. The Labute approximate surface area is 136 Å². The lowest BCUT2D eigenvalue weighted by atomic mass is 9.72. The molecule has 4 aliphatic rings. The molecule has 5 heteroatoms. The zero-order valence-corrected chi connectivity index (χ0v) is 13.8. The first kappa shape index (κ1) is 14.8. The number of rotatable bonds is 2. The molecule has 5 nitrogen and oxygen atoms in total. The van der Waals surface area contributed by atoms with Gasteiger partial charge in [-0.3, -0.25) is 9.69 Å². The number of carbonyl (C=O) groups excluding carboxylic acids is 1. The van der Waals surface area contributed by atoms with Crippen LogP contribution >= 0.6 is 0 Å². The smallest absolute Gasteiger partial charge is 0.251 e. The number of nitrogens with one attached hydrogen (secondary N) is 1. The summed E-state index contributed by atoms with van der Waals surface area (Å²) in [7, 11) is 0. The molecule has 0 saturated carbocycles. The second-order valence-electron chi connectivity index (χ2n) is 7.29. The summed E-state index contributed by atoms with van der Waals surface area (Å²) >= 11 is 0. The van der Waals surface area contributed by atoms with Gasteiger partial charge in [-0.25, -0.2) is 0 Å². The van der Waals surface area contributed by atoms with Crippen LogP contribution in [-0.2, 0) is 0 Å². The van der Waals surface area contributed by atoms with Gasteiger partial charge in [0.05, 0.1) is 0 Å². The molecule has 0 aromatic heterocycles. The Kier molecular flexibility index (Phi) is 3.48. The van der Waals surface area contributed by atoms with Gasteiger partial charge in [-0.2, -0.15) is 0 Å². The van der Waals surface area contributed by atoms with Crippen molar-refractivity contribution in [3.05, 3.63) is 23.8 Å². The van der Waals surface area contributed by atoms with Gasteiger partial charge >= 0.3 is 0 Å². The van der Waals surface area contributed by atoms with Crippen LogP contribution in [0.2, 0.25) is 0 Å². The molecule has 3 fully saturated rings. The molecule has 4 heterocycles. The summed E-state index contributed by atoms with van der Waals surface area (Å²) in [4.78, 5) is 15.2. The molecular formula is C18H24N2O3. The van der Waals surface area contributed by atoms with Crippen molar-refractivity contribution in [3.63, 3.8) is 0 Å². The van der Waals surface area contributed by atoms with Crippen molar-refractivity contribution < 1.29 is 14.3 Å². The monoisotopic (exact) mass is 316 g/mol. The van der Waals surface area contributed by atoms with E-state index in [2.05, 4.69) is 24.1 Å². The maximum atomic E-state index is 12.7. The Morgan fingerprint density at radius 2 is 1.87 bits per heavy atom. The third-order valence-corrected chi connectivity index (χ3v) is 5.68. The van der Waals surface area contributed by atoms with Gasteiger partial charge in [0.2, 0.25) is 0 Å². The lowest BCUT2D eigenvalue weighted by Gasteiger charge is -2.56. The van der Waals surface area contributed by atoms with E-state index >= 15 is 0 Å². The Balaban J connectivity index is 1.53. The fraction of sp³-hybridized carbons (Fsp3) is 0.611. The van der Waals surface area contributed by atoms with E-state index in [0.29, 0.717) is 30.4 Å². The van der Waals surface area contributed by atoms with Crippen molar-refractivity contribution >= 4 is 5.91 Å². The summed E-state index contributed by atoms with van der Waals surface area (Å²) in [6.07, 6.45) is 2.35. The number of ether oxygens (including phenoxy) is 2. The van der Waals surface area contributed by atoms with Gasteiger partial charge in [-0.05, 0) is 63.9 Å². The molecule has 1 N–H and O–H groups in total. The average molecular weight is 316 g/mol. The van der Waals surface area contributed by atoms with E-state index in [4.69, 9.17) is 9.47 Å². The predicted molar refractivity (Wildman–Crippen MR) is 87.1 cm³/mol. The largest absolute Gasteiger partial charge is 0.486 e. The van der Waals surface area contributed by atoms with Crippen molar-refractivity contribution in [2.45, 2.75) is 38.3 Å². The van der Waals surface area contributed by atoms with Crippen molar-refractivity contribution in [1.82, 2.24) is 10.2 Å². The SMILES string of the molecule is CC1(C)[C@H](NC(=O)c2ccc3c(c2)OCCO3)C2CCN1CC2. The summed E-state index contributed by atoms with van der Waals surface area (Å²) in [6.45, 7) is 7.87. The standard InChI is InChI=1S/C18H24N2O3/c1-18(2)16(12-5-7-20(18)8-6-12)19-17(21)13-3-4-14-15(11-13)23-10-9-22-14/h3-4,11-12,16H,5-10H2,1-2H3,(H,19,21)/t16-/m1/s1. The number of piperidine rings is 3. The predicted octanol–water partition coefficient (Wildman–Crippen LogP) is 2.06. The molecule has 124 valence electrons. The van der Waals surface area contributed by atoms with Crippen molar-refractivity contribution in [1.29, 1.82) is 0 Å². The zero-order chi connectivity index (χ0) is 16.0. The number of benzene rings is 1. The zero-order valence-electron chi connectivity index (χ0n) is 13.8. The summed E-state index contributed by atoms with van der Waals surface area (Å²) in [5, 5.41) is 3.29. The van der Waals surface area contributed by atoms with Gasteiger partial charge in [0.1, 0.15) is 13.2 Å². The third kappa shape index (κ3) is 2.47. The molecule has 5 rings (SSSR count). The van der Waals surface area contributed by atoms with Crippen LogP contribution in [0.1, 0.15) is 37.0 Å². The van der Waals surface area contributed by atoms with Crippen LogP contribution in [0, 0.1) is 5.92 Å². The highest BCUT2D eigenvalue weighted by molar-refractivity contribution is 5.95. The molecule has 23 heavy (non-hydrogen) atoms. The van der Waals surface area contributed by atoms with Crippen molar-refractivity contribution in [2.75, 3.05) is 26.3 Å². The molecule has 1 aromatic rings. The lowest BCUT2D eigenvalue weighted by molar-refractivity contribution is -0.0378. The Morgan fingerprint density at radius 3 is 2.57 bits per heavy atom. The molecule has 0 unspecified atom stereocenters. The Bertz CT molecular complexity index is 621. The molecular weight excluding hydrogens is 292 g/mol. The minimum atomic E-state index is -0.0196. The van der Waals surface area contributed by atoms with E-state index in [9.17, 15) is 4.79 Å². The maximum absolute atomic E-state index is 12.7. The maximum Gasteiger partial charge on any atom is 0.251 e. The van der Waals surface area contributed by atoms with E-state index < -0.39 is 0 Å². The number of carbonyl (C=O) groups is 1. The number of fused-ring (bicyclic) bond motifs is 4. The van der Waals surface area contributed by atoms with Gasteiger partial charge < -0.3 is 14.8 Å². The van der Waals surface area contributed by atoms with Gasteiger partial charge in [-0.1, -0.05) is 0 Å². The van der Waals surface area contributed by atoms with E-state index in [-0.39, 0.29) is 17.5 Å². The average Bonchev–Trinajstić information content (AvgIpc) is 2.58. The van der Waals surface area contributed by atoms with Crippen molar-refractivity contribution in [2.24, 2.45) is 5.92 Å². The number of hydrogen-bond donors (Lipinski definition) is 1. The van der Waals surface area contributed by atoms with E-state index in [1.54, 1.807) is 6.07 Å². The highest BCUT2D eigenvalue weighted by Crippen LogP contribution is 2.39. The lowest BCUT2D eigenvalue weighted by Crippen LogP contribution is -2.69. The van der Waals surface area contributed by atoms with Crippen LogP contribution in [0.5, 0.6) is 11.5 Å². The first-order valence-electron chi connectivity index (χ1n) is 8.51. The molecule has 1 atom stereocenters. The van der Waals surface area contributed by atoms with Gasteiger partial charge in [-0.15, -0.1) is 0 Å². The van der Waals surface area contributed by atoms with Gasteiger partial charge in [0, 0.05) is 17.1 Å². The van der Waals surface area contributed by atoms with Gasteiger partial charge in [0.25, 0.3) is 5.91 Å². The normalized spacial score (nSPS) is 30.8. The highest BCUT2D eigenvalue weighted by atomic mass is 16.6. The minimum absolute atomic E-state index is 0.0185. The molecule has 0 radical (unpaired) electrons. The Hall–Kier alpha value is -1.75. The number of hydrogen-bond acceptors (Lipinski definition) is 4. The number of nitrogens with zero attached hydrogens (tertiary/aromatic N) is 1. The minimum Gasteiger partial charge on any atom is -0.486 e. The Morgan fingerprint density at radius 1 is 1.17 bits per heavy atom. The fourth-order valence-electron chi connectivity index (χ4n) is 4.29. The van der Waals surface area contributed by atoms with Crippen LogP contribution < -0.4 is 14.8 Å². The topological polar surface area (TPSA) is 50.8 Å². The molecule has 3 saturated heterocycles. The molecule has 1 amide bonds. The van der Waals surface area contributed by atoms with E-state index in [0.717, 1.165) is 18.8 Å². The molecule has 1 aromatic carbocycles. The second kappa shape index (κ2) is 5.41. The summed E-state index contributed by atoms with van der Waals surface area (Å²) in [5.74, 6) is 1.94. The quantitative estimate of drug-likeness (QED) is 0.907. The first-order valence-corrected chi connectivity index (χ1v) is 8.51. The van der Waals surface area contributed by atoms with Crippen LogP contribution in [0.3, 0.4) is 0 Å². The summed E-state index contributed by atoms with van der Waals surface area (Å²) in [6, 6.07) is 5.63. The van der Waals surface area contributed by atoms with Crippen LogP contribution in [0.4, 0.5) is 0 Å². The number of amides is 1. The molecule has 4 aliphatic heterocycles. The molecule has 0 aliphatic carbocycles. The molecule has 2 bridgehead atoms. The van der Waals surface area contributed by atoms with E-state index in [1.165, 1.54) is 12.8 Å². The van der Waals surface area contributed by atoms with Crippen LogP contribution in [-0.4, -0.2) is 48.7 Å². The van der Waals surface area contributed by atoms with Gasteiger partial charge in [0.15, 0.2) is 11.5 Å². The third-order valence-electron chi connectivity index (χ3n) is 5.68. The fourth-order valence-corrected chi connectivity index (χ4v) is 4.29. The highest BCUT2D eigenvalue weighted by Gasteiger charge is 2.48. The van der Waals surface area contributed by atoms with Crippen molar-refractivity contribution in [3.8, 4) is 11.5 Å².